The third-order valence-corrected chi connectivity index (χ3v) is 7.66. The summed E-state index contributed by atoms with van der Waals surface area (Å²) in [6.07, 6.45) is -5.14. The Morgan fingerprint density at radius 3 is 2.58 bits per heavy atom. The van der Waals surface area contributed by atoms with Crippen LogP contribution < -0.4 is 4.74 Å². The van der Waals surface area contributed by atoms with Crippen LogP contribution >= 0.6 is 23.2 Å². The van der Waals surface area contributed by atoms with Crippen LogP contribution in [0.5, 0.6) is 5.75 Å². The van der Waals surface area contributed by atoms with Gasteiger partial charge in [-0.15, -0.1) is 11.6 Å². The molecule has 0 spiro atoms. The number of aromatic nitrogens is 3. The van der Waals surface area contributed by atoms with Crippen molar-refractivity contribution in [3.8, 4) is 5.75 Å². The highest BCUT2D eigenvalue weighted by molar-refractivity contribution is 6.31. The van der Waals surface area contributed by atoms with Crippen molar-refractivity contribution in [2.24, 2.45) is 0 Å². The lowest BCUT2D eigenvalue weighted by Gasteiger charge is -2.40. The monoisotopic (exact) mass is 575 g/mol. The Morgan fingerprint density at radius 1 is 1.21 bits per heavy atom. The molecule has 2 heterocycles. The molecule has 1 aliphatic heterocycles. The minimum Gasteiger partial charge on any atom is -0.481 e. The molecule has 4 rings (SSSR count). The molecular formula is C23H27Cl2N3O10. The van der Waals surface area contributed by atoms with Crippen LogP contribution in [0, 0.1) is 0 Å². The van der Waals surface area contributed by atoms with Crippen molar-refractivity contribution in [1.29, 1.82) is 0 Å². The maximum atomic E-state index is 11.7. The van der Waals surface area contributed by atoms with Crippen molar-refractivity contribution in [1.82, 2.24) is 14.8 Å². The number of carboxylic acids is 1. The van der Waals surface area contributed by atoms with Gasteiger partial charge in [0.05, 0.1) is 11.4 Å². The van der Waals surface area contributed by atoms with E-state index in [1.54, 1.807) is 12.1 Å². The van der Waals surface area contributed by atoms with E-state index in [2.05, 4.69) is 10.1 Å². The second-order valence-corrected chi connectivity index (χ2v) is 10.5. The molecule has 13 nitrogen and oxygen atoms in total. The largest absolute Gasteiger partial charge is 0.481 e. The molecule has 1 unspecified atom stereocenters. The Hall–Kier alpha value is -2.52. The highest BCUT2D eigenvalue weighted by Crippen LogP contribution is 2.53. The van der Waals surface area contributed by atoms with E-state index in [0.717, 1.165) is 0 Å². The van der Waals surface area contributed by atoms with Crippen molar-refractivity contribution >= 4 is 35.1 Å². The number of aliphatic carboxylic acids is 1. The van der Waals surface area contributed by atoms with Crippen molar-refractivity contribution in [3.63, 3.8) is 0 Å². The first-order valence-corrected chi connectivity index (χ1v) is 12.4. The topological polar surface area (TPSA) is 194 Å². The number of hydrogen-bond acceptors (Lipinski definition) is 11. The lowest BCUT2D eigenvalue weighted by Crippen LogP contribution is -2.60. The van der Waals surface area contributed by atoms with E-state index in [0.29, 0.717) is 18.4 Å². The molecule has 5 N–H and O–H groups in total. The Balaban J connectivity index is 1.54. The fourth-order valence-electron chi connectivity index (χ4n) is 4.25. The third-order valence-electron chi connectivity index (χ3n) is 6.57. The number of aliphatic hydroxyl groups excluding tert-OH is 3. The van der Waals surface area contributed by atoms with Crippen LogP contribution in [0.15, 0.2) is 30.9 Å². The minimum atomic E-state index is -1.75. The SMILES string of the molecule is O=C(O)CC(=O)OC[C@H]1O[C@@H](Oc2cccc(Cl)c2CC(O)(Cn2cncn2)C2(Cl)CC2)[C@H](O)[C@@H](O)[C@@H]1O. The number of hydrogen-bond donors (Lipinski definition) is 5. The quantitative estimate of drug-likeness (QED) is 0.136. The maximum absolute atomic E-state index is 11.7. The summed E-state index contributed by atoms with van der Waals surface area (Å²) < 4.78 is 17.7. The van der Waals surface area contributed by atoms with Gasteiger partial charge >= 0.3 is 11.9 Å². The average Bonchev–Trinajstić information content (AvgIpc) is 3.42. The van der Waals surface area contributed by atoms with Gasteiger partial charge in [0.2, 0.25) is 6.29 Å². The lowest BCUT2D eigenvalue weighted by molar-refractivity contribution is -0.278. The summed E-state index contributed by atoms with van der Waals surface area (Å²) >= 11 is 13.2. The summed E-state index contributed by atoms with van der Waals surface area (Å²) in [4.78, 5) is 25.2. The van der Waals surface area contributed by atoms with Gasteiger partial charge in [-0.3, -0.25) is 9.59 Å². The second kappa shape index (κ2) is 11.3. The van der Waals surface area contributed by atoms with Crippen molar-refractivity contribution in [2.45, 2.75) is 73.4 Å². The van der Waals surface area contributed by atoms with Crippen LogP contribution in [-0.4, -0.2) is 100 Å². The molecule has 1 saturated heterocycles. The molecule has 1 aliphatic carbocycles. The van der Waals surface area contributed by atoms with E-state index in [-0.39, 0.29) is 23.7 Å². The van der Waals surface area contributed by atoms with Gasteiger partial charge in [-0.2, -0.15) is 5.10 Å². The van der Waals surface area contributed by atoms with Crippen LogP contribution in [0.3, 0.4) is 0 Å². The van der Waals surface area contributed by atoms with Crippen LogP contribution in [0.25, 0.3) is 0 Å². The number of rotatable bonds is 11. The molecule has 15 heteroatoms. The standard InChI is InChI=1S/C23H27Cl2N3O10/c24-13-2-1-3-14(12(13)7-23(35,22(25)4-5-22)9-28-11-26-10-27-28)37-21-20(34)19(33)18(32)15(38-21)8-36-17(31)6-16(29)30/h1-3,10-11,15,18-21,32-35H,4-9H2,(H,29,30)/t15-,18-,19+,20-,21-,23?/m1/s1. The number of benzene rings is 1. The first-order valence-electron chi connectivity index (χ1n) is 11.7. The first-order chi connectivity index (χ1) is 17.9. The van der Waals surface area contributed by atoms with Gasteiger partial charge in [-0.25, -0.2) is 9.67 Å². The van der Waals surface area contributed by atoms with Gasteiger partial charge in [0.1, 0.15) is 61.4 Å². The van der Waals surface area contributed by atoms with E-state index in [4.69, 9.17) is 42.5 Å². The minimum absolute atomic E-state index is 0.0123. The summed E-state index contributed by atoms with van der Waals surface area (Å²) in [5.74, 6) is -2.38. The average molecular weight is 576 g/mol. The molecule has 1 aromatic heterocycles. The summed E-state index contributed by atoms with van der Waals surface area (Å²) in [5.41, 5.74) is -1.18. The van der Waals surface area contributed by atoms with E-state index in [9.17, 15) is 30.0 Å². The Bertz CT molecular complexity index is 1150. The number of ether oxygens (including phenoxy) is 3. The zero-order chi connectivity index (χ0) is 27.7. The van der Waals surface area contributed by atoms with Gasteiger partial charge in [0.25, 0.3) is 0 Å². The Labute approximate surface area is 226 Å². The highest BCUT2D eigenvalue weighted by Gasteiger charge is 2.58. The fourth-order valence-corrected chi connectivity index (χ4v) is 4.71. The summed E-state index contributed by atoms with van der Waals surface area (Å²) in [6.45, 7) is -0.593. The zero-order valence-electron chi connectivity index (χ0n) is 19.9. The number of nitrogens with zero attached hydrogens (tertiary/aromatic N) is 3. The fraction of sp³-hybridized carbons (Fsp3) is 0.565. The normalized spacial score (nSPS) is 27.8. The van der Waals surface area contributed by atoms with E-state index < -0.39 is 66.1 Å². The van der Waals surface area contributed by atoms with E-state index in [1.807, 2.05) is 0 Å². The number of esters is 1. The second-order valence-electron chi connectivity index (χ2n) is 9.37. The molecule has 2 fully saturated rings. The Kier molecular flexibility index (Phi) is 8.47. The summed E-state index contributed by atoms with van der Waals surface area (Å²) in [5, 5.41) is 55.8. The molecule has 208 valence electrons. The number of carbonyl (C=O) groups excluding carboxylic acids is 1. The lowest BCUT2D eigenvalue weighted by atomic mass is 9.88. The Morgan fingerprint density at radius 2 is 1.95 bits per heavy atom. The molecule has 2 aromatic rings. The number of alkyl halides is 1. The molecule has 1 saturated carbocycles. The van der Waals surface area contributed by atoms with Gasteiger partial charge < -0.3 is 39.7 Å². The van der Waals surface area contributed by atoms with Crippen LogP contribution in [0.1, 0.15) is 24.8 Å². The smallest absolute Gasteiger partial charge is 0.317 e. The molecule has 6 atom stereocenters. The van der Waals surface area contributed by atoms with Crippen LogP contribution in [-0.2, 0) is 32.0 Å². The molecule has 1 aromatic carbocycles. The first kappa shape index (κ1) is 28.5. The van der Waals surface area contributed by atoms with Crippen LogP contribution in [0.2, 0.25) is 5.02 Å². The molecular weight excluding hydrogens is 549 g/mol. The molecule has 2 aliphatic rings. The van der Waals surface area contributed by atoms with E-state index >= 15 is 0 Å². The van der Waals surface area contributed by atoms with Gasteiger partial charge in [-0.05, 0) is 25.0 Å². The van der Waals surface area contributed by atoms with E-state index in [1.165, 1.54) is 23.4 Å². The van der Waals surface area contributed by atoms with Crippen molar-refractivity contribution in [3.05, 3.63) is 41.4 Å². The number of carboxylic acid groups (broad SMARTS) is 1. The summed E-state index contributed by atoms with van der Waals surface area (Å²) in [7, 11) is 0. The van der Waals surface area contributed by atoms with Crippen molar-refractivity contribution < 1.29 is 49.3 Å². The number of aliphatic hydroxyl groups is 4. The maximum Gasteiger partial charge on any atom is 0.317 e. The molecule has 0 radical (unpaired) electrons. The van der Waals surface area contributed by atoms with Gasteiger partial charge in [0, 0.05) is 17.0 Å². The number of halogens is 2. The molecule has 0 amide bonds. The molecule has 38 heavy (non-hydrogen) atoms. The highest BCUT2D eigenvalue weighted by atomic mass is 35.5. The summed E-state index contributed by atoms with van der Waals surface area (Å²) in [6, 6.07) is 4.66. The van der Waals surface area contributed by atoms with Gasteiger partial charge in [-0.1, -0.05) is 17.7 Å². The van der Waals surface area contributed by atoms with Crippen molar-refractivity contribution in [2.75, 3.05) is 6.61 Å². The van der Waals surface area contributed by atoms with Gasteiger partial charge in [0.15, 0.2) is 0 Å². The zero-order valence-corrected chi connectivity index (χ0v) is 21.4. The predicted molar refractivity (Wildman–Crippen MR) is 128 cm³/mol. The number of carbonyl (C=O) groups is 2. The van der Waals surface area contributed by atoms with Crippen LogP contribution in [0.4, 0.5) is 0 Å². The molecule has 0 bridgehead atoms. The third kappa shape index (κ3) is 6.20. The predicted octanol–water partition coefficient (Wildman–Crippen LogP) is -0.119.